The Labute approximate surface area is 109 Å². The molecule has 1 N–H and O–H groups in total. The monoisotopic (exact) mass is 246 g/mol. The van der Waals surface area contributed by atoms with Gasteiger partial charge in [0.15, 0.2) is 0 Å². The Hall–Kier alpha value is -1.32. The smallest absolute Gasteiger partial charge is 0.136 e. The molecule has 18 heavy (non-hydrogen) atoms. The number of nitrogens with zero attached hydrogens (tertiary/aromatic N) is 3. The predicted molar refractivity (Wildman–Crippen MR) is 74.2 cm³/mol. The van der Waals surface area contributed by atoms with Gasteiger partial charge in [0.25, 0.3) is 0 Å². The third-order valence-corrected chi connectivity index (χ3v) is 3.93. The van der Waals surface area contributed by atoms with Crippen LogP contribution in [0, 0.1) is 5.41 Å². The molecule has 1 aliphatic heterocycles. The van der Waals surface area contributed by atoms with Gasteiger partial charge < -0.3 is 10.2 Å². The summed E-state index contributed by atoms with van der Waals surface area (Å²) in [4.78, 5) is 11.7. The van der Waals surface area contributed by atoms with Gasteiger partial charge >= 0.3 is 0 Å². The summed E-state index contributed by atoms with van der Waals surface area (Å²) in [6, 6.07) is 2.08. The number of anilines is 2. The molecule has 0 amide bonds. The molecule has 0 spiro atoms. The zero-order valence-electron chi connectivity index (χ0n) is 11.5. The quantitative estimate of drug-likeness (QED) is 0.890. The van der Waals surface area contributed by atoms with E-state index in [0.29, 0.717) is 11.3 Å². The van der Waals surface area contributed by atoms with Crippen LogP contribution >= 0.6 is 0 Å². The minimum absolute atomic E-state index is 0.407. The Kier molecular flexibility index (Phi) is 2.68. The van der Waals surface area contributed by atoms with Crippen molar-refractivity contribution < 1.29 is 0 Å². The van der Waals surface area contributed by atoms with Crippen molar-refractivity contribution in [1.82, 2.24) is 9.97 Å². The van der Waals surface area contributed by atoms with Crippen molar-refractivity contribution in [3.05, 3.63) is 11.9 Å². The molecule has 98 valence electrons. The molecule has 4 nitrogen and oxygen atoms in total. The molecule has 4 heteroatoms. The van der Waals surface area contributed by atoms with Gasteiger partial charge in [-0.05, 0) is 24.7 Å². The molecule has 2 heterocycles. The Bertz CT molecular complexity index is 451. The molecule has 1 aromatic rings. The van der Waals surface area contributed by atoms with Gasteiger partial charge in [-0.15, -0.1) is 0 Å². The molecule has 0 aromatic carbocycles. The first-order valence-electron chi connectivity index (χ1n) is 6.89. The zero-order valence-corrected chi connectivity index (χ0v) is 11.5. The molecule has 0 atom stereocenters. The second-order valence-electron chi connectivity index (χ2n) is 6.33. The largest absolute Gasteiger partial charge is 0.373 e. The van der Waals surface area contributed by atoms with Gasteiger partial charge in [-0.3, -0.25) is 0 Å². The lowest BCUT2D eigenvalue weighted by atomic mass is 9.93. The van der Waals surface area contributed by atoms with Crippen LogP contribution in [0.25, 0.3) is 0 Å². The first kappa shape index (κ1) is 11.8. The summed E-state index contributed by atoms with van der Waals surface area (Å²) in [6.45, 7) is 6.86. The maximum absolute atomic E-state index is 4.77. The Morgan fingerprint density at radius 1 is 1.33 bits per heavy atom. The van der Waals surface area contributed by atoms with Crippen LogP contribution in [0.3, 0.4) is 0 Å². The minimum Gasteiger partial charge on any atom is -0.373 e. The predicted octanol–water partition coefficient (Wildman–Crippen LogP) is 2.63. The van der Waals surface area contributed by atoms with Crippen molar-refractivity contribution in [2.24, 2.45) is 5.41 Å². The topological polar surface area (TPSA) is 41.0 Å². The summed E-state index contributed by atoms with van der Waals surface area (Å²) in [5.41, 5.74) is 0.407. The third kappa shape index (κ3) is 2.28. The molecular formula is C14H22N4. The molecule has 0 unspecified atom stereocenters. The standard InChI is InChI=1S/C14H22N4/c1-14(2)6-7-18(9-14)12-8-11(15-3)16-13(17-12)10-4-5-10/h8,10H,4-7,9H2,1-3H3,(H,15,16,17). The van der Waals surface area contributed by atoms with Gasteiger partial charge in [-0.2, -0.15) is 0 Å². The molecule has 1 saturated carbocycles. The second-order valence-corrected chi connectivity index (χ2v) is 6.33. The van der Waals surface area contributed by atoms with Gasteiger partial charge in [0.1, 0.15) is 17.5 Å². The first-order valence-corrected chi connectivity index (χ1v) is 6.89. The van der Waals surface area contributed by atoms with Crippen LogP contribution in [0.15, 0.2) is 6.07 Å². The molecule has 3 rings (SSSR count). The van der Waals surface area contributed by atoms with Crippen LogP contribution in [0.5, 0.6) is 0 Å². The molecule has 2 fully saturated rings. The number of nitrogens with one attached hydrogen (secondary N) is 1. The average molecular weight is 246 g/mol. The van der Waals surface area contributed by atoms with E-state index in [-0.39, 0.29) is 0 Å². The number of hydrogen-bond donors (Lipinski definition) is 1. The van der Waals surface area contributed by atoms with E-state index in [9.17, 15) is 0 Å². The zero-order chi connectivity index (χ0) is 12.8. The highest BCUT2D eigenvalue weighted by atomic mass is 15.2. The average Bonchev–Trinajstić information content (AvgIpc) is 3.13. The van der Waals surface area contributed by atoms with Crippen LogP contribution < -0.4 is 10.2 Å². The van der Waals surface area contributed by atoms with Crippen LogP contribution in [-0.2, 0) is 0 Å². The van der Waals surface area contributed by atoms with Crippen molar-refractivity contribution >= 4 is 11.6 Å². The van der Waals surface area contributed by atoms with Crippen LogP contribution in [0.2, 0.25) is 0 Å². The minimum atomic E-state index is 0.407. The van der Waals surface area contributed by atoms with Crippen LogP contribution in [0.1, 0.15) is 44.9 Å². The fraction of sp³-hybridized carbons (Fsp3) is 0.714. The molecule has 1 aromatic heterocycles. The summed E-state index contributed by atoms with van der Waals surface area (Å²) in [6.07, 6.45) is 3.74. The van der Waals surface area contributed by atoms with E-state index in [1.54, 1.807) is 0 Å². The van der Waals surface area contributed by atoms with E-state index in [1.807, 2.05) is 7.05 Å². The van der Waals surface area contributed by atoms with E-state index in [1.165, 1.54) is 19.3 Å². The number of aromatic nitrogens is 2. The second kappa shape index (κ2) is 4.11. The van der Waals surface area contributed by atoms with Crippen molar-refractivity contribution in [2.75, 3.05) is 30.4 Å². The lowest BCUT2D eigenvalue weighted by Gasteiger charge is -2.21. The van der Waals surface area contributed by atoms with Crippen molar-refractivity contribution in [3.63, 3.8) is 0 Å². The fourth-order valence-electron chi connectivity index (χ4n) is 2.57. The first-order chi connectivity index (χ1) is 8.57. The Morgan fingerprint density at radius 3 is 2.67 bits per heavy atom. The fourth-order valence-corrected chi connectivity index (χ4v) is 2.57. The van der Waals surface area contributed by atoms with Crippen molar-refractivity contribution in [3.8, 4) is 0 Å². The lowest BCUT2D eigenvalue weighted by Crippen LogP contribution is -2.24. The van der Waals surface area contributed by atoms with Gasteiger partial charge in [0.2, 0.25) is 0 Å². The Balaban J connectivity index is 1.89. The maximum Gasteiger partial charge on any atom is 0.136 e. The molecule has 0 bridgehead atoms. The highest BCUT2D eigenvalue weighted by Crippen LogP contribution is 2.40. The van der Waals surface area contributed by atoms with Crippen LogP contribution in [-0.4, -0.2) is 30.1 Å². The summed E-state index contributed by atoms with van der Waals surface area (Å²) in [5, 5.41) is 3.16. The van der Waals surface area contributed by atoms with Crippen molar-refractivity contribution in [1.29, 1.82) is 0 Å². The van der Waals surface area contributed by atoms with Gasteiger partial charge in [-0.1, -0.05) is 13.8 Å². The highest BCUT2D eigenvalue weighted by Gasteiger charge is 2.32. The van der Waals surface area contributed by atoms with E-state index < -0.39 is 0 Å². The SMILES string of the molecule is CNc1cc(N2CCC(C)(C)C2)nc(C2CC2)n1. The maximum atomic E-state index is 4.77. The Morgan fingerprint density at radius 2 is 2.11 bits per heavy atom. The summed E-state index contributed by atoms with van der Waals surface area (Å²) in [7, 11) is 1.93. The van der Waals surface area contributed by atoms with E-state index in [4.69, 9.17) is 4.98 Å². The summed E-state index contributed by atoms with van der Waals surface area (Å²) >= 11 is 0. The number of hydrogen-bond acceptors (Lipinski definition) is 4. The molecule has 1 aliphatic carbocycles. The third-order valence-electron chi connectivity index (χ3n) is 3.93. The van der Waals surface area contributed by atoms with Gasteiger partial charge in [0, 0.05) is 32.1 Å². The van der Waals surface area contributed by atoms with Gasteiger partial charge in [-0.25, -0.2) is 9.97 Å². The summed E-state index contributed by atoms with van der Waals surface area (Å²) in [5.74, 6) is 3.68. The highest BCUT2D eigenvalue weighted by molar-refractivity contribution is 5.50. The molecule has 1 saturated heterocycles. The van der Waals surface area contributed by atoms with Gasteiger partial charge in [0.05, 0.1) is 0 Å². The summed E-state index contributed by atoms with van der Waals surface area (Å²) < 4.78 is 0. The lowest BCUT2D eigenvalue weighted by molar-refractivity contribution is 0.418. The number of rotatable bonds is 3. The van der Waals surface area contributed by atoms with E-state index >= 15 is 0 Å². The molecule has 0 radical (unpaired) electrons. The van der Waals surface area contributed by atoms with Crippen molar-refractivity contribution in [2.45, 2.75) is 39.0 Å². The van der Waals surface area contributed by atoms with Crippen LogP contribution in [0.4, 0.5) is 11.6 Å². The molecule has 2 aliphatic rings. The normalized spacial score (nSPS) is 22.3. The molecular weight excluding hydrogens is 224 g/mol. The van der Waals surface area contributed by atoms with E-state index in [2.05, 4.69) is 35.1 Å². The van der Waals surface area contributed by atoms with E-state index in [0.717, 1.165) is 30.5 Å².